The van der Waals surface area contributed by atoms with Crippen molar-refractivity contribution in [1.82, 2.24) is 4.90 Å². The molecule has 1 N–H and O–H groups in total. The number of hydrogen-bond acceptors (Lipinski definition) is 3. The van der Waals surface area contributed by atoms with Gasteiger partial charge in [-0.05, 0) is 31.0 Å². The van der Waals surface area contributed by atoms with Gasteiger partial charge in [-0.3, -0.25) is 4.79 Å². The zero-order valence-electron chi connectivity index (χ0n) is 10.3. The van der Waals surface area contributed by atoms with E-state index in [-0.39, 0.29) is 16.7 Å². The van der Waals surface area contributed by atoms with E-state index in [0.29, 0.717) is 5.56 Å². The molecular weight excluding hydrogens is 270 g/mol. The van der Waals surface area contributed by atoms with E-state index < -0.39 is 12.6 Å². The molecule has 6 heteroatoms. The van der Waals surface area contributed by atoms with E-state index in [2.05, 4.69) is 0 Å². The van der Waals surface area contributed by atoms with Gasteiger partial charge in [0.2, 0.25) is 0 Å². The van der Waals surface area contributed by atoms with Gasteiger partial charge in [-0.25, -0.2) is 4.79 Å². The van der Waals surface area contributed by atoms with Crippen molar-refractivity contribution in [3.05, 3.63) is 28.8 Å². The van der Waals surface area contributed by atoms with Gasteiger partial charge in [0.05, 0.1) is 5.02 Å². The molecule has 0 aliphatic carbocycles. The van der Waals surface area contributed by atoms with Crippen LogP contribution >= 0.6 is 11.6 Å². The van der Waals surface area contributed by atoms with Crippen molar-refractivity contribution >= 4 is 23.5 Å². The largest absolute Gasteiger partial charge is 0.480 e. The van der Waals surface area contributed by atoms with Crippen LogP contribution < -0.4 is 4.74 Å². The molecule has 1 aromatic rings. The third-order valence-corrected chi connectivity index (χ3v) is 3.22. The van der Waals surface area contributed by atoms with Crippen LogP contribution in [0.5, 0.6) is 5.75 Å². The first kappa shape index (κ1) is 13.7. The number of nitrogens with zero attached hydrogens (tertiary/aromatic N) is 1. The van der Waals surface area contributed by atoms with E-state index >= 15 is 0 Å². The number of carboxylic acids is 1. The second-order valence-corrected chi connectivity index (χ2v) is 4.73. The number of carboxylic acid groups (broad SMARTS) is 1. The predicted molar refractivity (Wildman–Crippen MR) is 69.7 cm³/mol. The van der Waals surface area contributed by atoms with Gasteiger partial charge in [0.1, 0.15) is 5.75 Å². The smallest absolute Gasteiger partial charge is 0.341 e. The minimum absolute atomic E-state index is 0.0517. The van der Waals surface area contributed by atoms with Gasteiger partial charge in [0.25, 0.3) is 5.91 Å². The third kappa shape index (κ3) is 3.38. The fourth-order valence-corrected chi connectivity index (χ4v) is 2.23. The molecule has 1 aromatic carbocycles. The summed E-state index contributed by atoms with van der Waals surface area (Å²) >= 11 is 5.97. The lowest BCUT2D eigenvalue weighted by Crippen LogP contribution is -2.27. The minimum Gasteiger partial charge on any atom is -0.480 e. The maximum Gasteiger partial charge on any atom is 0.341 e. The average Bonchev–Trinajstić information content (AvgIpc) is 2.90. The topological polar surface area (TPSA) is 66.8 Å². The first-order valence-electron chi connectivity index (χ1n) is 6.01. The fourth-order valence-electron chi connectivity index (χ4n) is 1.99. The van der Waals surface area contributed by atoms with Gasteiger partial charge in [0, 0.05) is 18.7 Å². The Morgan fingerprint density at radius 1 is 1.32 bits per heavy atom. The highest BCUT2D eigenvalue weighted by molar-refractivity contribution is 6.32. The molecule has 1 aliphatic heterocycles. The molecule has 0 saturated carbocycles. The summed E-state index contributed by atoms with van der Waals surface area (Å²) in [6.07, 6.45) is 2.05. The molecule has 2 rings (SSSR count). The lowest BCUT2D eigenvalue weighted by Gasteiger charge is -2.15. The summed E-state index contributed by atoms with van der Waals surface area (Å²) in [6.45, 7) is 1.08. The molecule has 0 atom stereocenters. The van der Waals surface area contributed by atoms with Gasteiger partial charge in [0.15, 0.2) is 6.61 Å². The van der Waals surface area contributed by atoms with Crippen LogP contribution in [0.3, 0.4) is 0 Å². The van der Waals surface area contributed by atoms with Crippen LogP contribution in [0.1, 0.15) is 23.2 Å². The molecule has 1 aliphatic rings. The number of halogens is 1. The van der Waals surface area contributed by atoms with E-state index in [1.165, 1.54) is 12.1 Å². The zero-order valence-corrected chi connectivity index (χ0v) is 11.0. The van der Waals surface area contributed by atoms with Crippen molar-refractivity contribution in [3.63, 3.8) is 0 Å². The number of aliphatic carboxylic acids is 1. The summed E-state index contributed by atoms with van der Waals surface area (Å²) in [5, 5.41) is 8.77. The highest BCUT2D eigenvalue weighted by atomic mass is 35.5. The van der Waals surface area contributed by atoms with Gasteiger partial charge in [-0.1, -0.05) is 11.6 Å². The summed E-state index contributed by atoms with van der Waals surface area (Å²) in [7, 11) is 0. The Balaban J connectivity index is 2.09. The Morgan fingerprint density at radius 3 is 2.58 bits per heavy atom. The second-order valence-electron chi connectivity index (χ2n) is 4.33. The van der Waals surface area contributed by atoms with Gasteiger partial charge >= 0.3 is 5.97 Å². The number of carbonyl (C=O) groups is 2. The van der Waals surface area contributed by atoms with Crippen LogP contribution in [0.2, 0.25) is 5.02 Å². The van der Waals surface area contributed by atoms with Crippen molar-refractivity contribution in [2.24, 2.45) is 0 Å². The fraction of sp³-hybridized carbons (Fsp3) is 0.385. The molecule has 1 amide bonds. The molecule has 0 aromatic heterocycles. The SMILES string of the molecule is O=C(O)COc1ccc(C(=O)N2CCCC2)cc1Cl. The molecule has 1 fully saturated rings. The monoisotopic (exact) mass is 283 g/mol. The second kappa shape index (κ2) is 5.93. The molecule has 5 nitrogen and oxygen atoms in total. The van der Waals surface area contributed by atoms with E-state index in [1.807, 2.05) is 0 Å². The summed E-state index contributed by atoms with van der Waals surface area (Å²) < 4.78 is 5.00. The molecule has 1 heterocycles. The quantitative estimate of drug-likeness (QED) is 0.918. The van der Waals surface area contributed by atoms with E-state index in [0.717, 1.165) is 25.9 Å². The molecule has 0 radical (unpaired) electrons. The maximum atomic E-state index is 12.1. The number of rotatable bonds is 4. The van der Waals surface area contributed by atoms with Gasteiger partial charge in [-0.2, -0.15) is 0 Å². The highest BCUT2D eigenvalue weighted by Gasteiger charge is 2.20. The molecule has 0 unspecified atom stereocenters. The Bertz CT molecular complexity index is 497. The summed E-state index contributed by atoms with van der Waals surface area (Å²) in [4.78, 5) is 24.3. The van der Waals surface area contributed by atoms with Crippen LogP contribution in [-0.4, -0.2) is 41.6 Å². The third-order valence-electron chi connectivity index (χ3n) is 2.92. The lowest BCUT2D eigenvalue weighted by molar-refractivity contribution is -0.139. The van der Waals surface area contributed by atoms with E-state index in [9.17, 15) is 9.59 Å². The lowest BCUT2D eigenvalue weighted by atomic mass is 10.2. The van der Waals surface area contributed by atoms with Crippen molar-refractivity contribution in [3.8, 4) is 5.75 Å². The summed E-state index contributed by atoms with van der Waals surface area (Å²) in [5.41, 5.74) is 0.495. The standard InChI is InChI=1S/C13H14ClNO4/c14-10-7-9(13(18)15-5-1-2-6-15)3-4-11(10)19-8-12(16)17/h3-4,7H,1-2,5-6,8H2,(H,16,17). The first-order valence-corrected chi connectivity index (χ1v) is 6.39. The van der Waals surface area contributed by atoms with E-state index in [4.69, 9.17) is 21.4 Å². The zero-order chi connectivity index (χ0) is 13.8. The minimum atomic E-state index is -1.08. The van der Waals surface area contributed by atoms with Crippen LogP contribution in [0.25, 0.3) is 0 Å². The van der Waals surface area contributed by atoms with Gasteiger partial charge in [-0.15, -0.1) is 0 Å². The number of likely N-dealkylation sites (tertiary alicyclic amines) is 1. The van der Waals surface area contributed by atoms with E-state index in [1.54, 1.807) is 11.0 Å². The molecule has 1 saturated heterocycles. The van der Waals surface area contributed by atoms with Gasteiger partial charge < -0.3 is 14.7 Å². The first-order chi connectivity index (χ1) is 9.08. The normalized spacial score (nSPS) is 14.5. The van der Waals surface area contributed by atoms with Crippen LogP contribution in [0.4, 0.5) is 0 Å². The Kier molecular flexibility index (Phi) is 4.27. The molecule has 102 valence electrons. The number of amides is 1. The molecule has 0 bridgehead atoms. The average molecular weight is 284 g/mol. The van der Waals surface area contributed by atoms with Crippen molar-refractivity contribution in [1.29, 1.82) is 0 Å². The van der Waals surface area contributed by atoms with Crippen LogP contribution in [0.15, 0.2) is 18.2 Å². The predicted octanol–water partition coefficient (Wildman–Crippen LogP) is 2.04. The summed E-state index contributed by atoms with van der Waals surface area (Å²) in [6, 6.07) is 4.64. The number of ether oxygens (including phenoxy) is 1. The Hall–Kier alpha value is -1.75. The van der Waals surface area contributed by atoms with Crippen molar-refractivity contribution in [2.75, 3.05) is 19.7 Å². The maximum absolute atomic E-state index is 12.1. The molecular formula is C13H14ClNO4. The van der Waals surface area contributed by atoms with Crippen molar-refractivity contribution in [2.45, 2.75) is 12.8 Å². The molecule has 19 heavy (non-hydrogen) atoms. The molecule has 0 spiro atoms. The van der Waals surface area contributed by atoms with Crippen LogP contribution in [-0.2, 0) is 4.79 Å². The van der Waals surface area contributed by atoms with Crippen molar-refractivity contribution < 1.29 is 19.4 Å². The number of hydrogen-bond donors (Lipinski definition) is 1. The number of benzene rings is 1. The Labute approximate surface area is 115 Å². The highest BCUT2D eigenvalue weighted by Crippen LogP contribution is 2.26. The van der Waals surface area contributed by atoms with Crippen LogP contribution in [0, 0.1) is 0 Å². The summed E-state index contributed by atoms with van der Waals surface area (Å²) in [5.74, 6) is -0.862. The number of carbonyl (C=O) groups excluding carboxylic acids is 1. The Morgan fingerprint density at radius 2 is 2.00 bits per heavy atom.